The molecule has 4 heterocycles. The number of sulfone groups is 1. The van der Waals surface area contributed by atoms with Crippen LogP contribution in [-0.2, 0) is 23.1 Å². The van der Waals surface area contributed by atoms with E-state index in [0.29, 0.717) is 15.7 Å². The molecule has 0 amide bonds. The number of alkyl halides is 3. The van der Waals surface area contributed by atoms with Crippen molar-refractivity contribution in [1.29, 1.82) is 0 Å². The highest BCUT2D eigenvalue weighted by Gasteiger charge is 2.33. The van der Waals surface area contributed by atoms with Crippen LogP contribution in [0, 0.1) is 0 Å². The van der Waals surface area contributed by atoms with Crippen molar-refractivity contribution in [3.05, 3.63) is 47.1 Å². The summed E-state index contributed by atoms with van der Waals surface area (Å²) in [5.74, 6) is -0.0890. The van der Waals surface area contributed by atoms with Crippen molar-refractivity contribution in [3.8, 4) is 17.2 Å². The summed E-state index contributed by atoms with van der Waals surface area (Å²) in [7, 11) is -2.19. The van der Waals surface area contributed by atoms with Crippen LogP contribution in [0.25, 0.3) is 28.2 Å². The Labute approximate surface area is 182 Å². The van der Waals surface area contributed by atoms with Crippen LogP contribution in [0.15, 0.2) is 46.3 Å². The van der Waals surface area contributed by atoms with Crippen LogP contribution in [0.1, 0.15) is 12.6 Å². The molecule has 0 aliphatic heterocycles. The van der Waals surface area contributed by atoms with E-state index in [9.17, 15) is 21.6 Å². The number of nitrogens with zero attached hydrogens (tertiary/aromatic N) is 6. The van der Waals surface area contributed by atoms with E-state index in [-0.39, 0.29) is 27.7 Å². The molecule has 0 N–H and O–H groups in total. The average Bonchev–Trinajstić information content (AvgIpc) is 3.30. The Bertz CT molecular complexity index is 1410. The molecule has 8 nitrogen and oxygen atoms in total. The number of hydrogen-bond acceptors (Lipinski definition) is 6. The van der Waals surface area contributed by atoms with Crippen molar-refractivity contribution < 1.29 is 21.6 Å². The van der Waals surface area contributed by atoms with Gasteiger partial charge in [0.1, 0.15) is 11.4 Å². The maximum absolute atomic E-state index is 13.0. The third-order valence-electron chi connectivity index (χ3n) is 4.64. The van der Waals surface area contributed by atoms with E-state index in [2.05, 4.69) is 36.0 Å². The fourth-order valence-electron chi connectivity index (χ4n) is 3.02. The molecule has 0 bridgehead atoms. The summed E-state index contributed by atoms with van der Waals surface area (Å²) in [6, 6.07) is 2.24. The second-order valence-corrected chi connectivity index (χ2v) is 9.76. The summed E-state index contributed by atoms with van der Waals surface area (Å²) in [6.07, 6.45) is 1.03. The van der Waals surface area contributed by atoms with Crippen LogP contribution >= 0.6 is 15.9 Å². The Hall–Kier alpha value is -2.80. The second-order valence-electron chi connectivity index (χ2n) is 6.60. The number of halogens is 4. The third kappa shape index (κ3) is 3.82. The molecular weight excluding hydrogens is 501 g/mol. The molecule has 0 radical (unpaired) electrons. The Morgan fingerprint density at radius 3 is 2.48 bits per heavy atom. The van der Waals surface area contributed by atoms with Crippen molar-refractivity contribution in [2.24, 2.45) is 7.05 Å². The molecule has 0 atom stereocenters. The fourth-order valence-corrected chi connectivity index (χ4v) is 4.35. The van der Waals surface area contributed by atoms with E-state index in [1.54, 1.807) is 19.4 Å². The van der Waals surface area contributed by atoms with E-state index in [1.807, 2.05) is 0 Å². The normalized spacial score (nSPS) is 12.6. The van der Waals surface area contributed by atoms with Crippen LogP contribution in [0.2, 0.25) is 0 Å². The van der Waals surface area contributed by atoms with E-state index in [4.69, 9.17) is 0 Å². The van der Waals surface area contributed by atoms with Gasteiger partial charge in [-0.2, -0.15) is 18.3 Å². The van der Waals surface area contributed by atoms with Gasteiger partial charge in [-0.25, -0.2) is 28.1 Å². The monoisotopic (exact) mass is 514 g/mol. The van der Waals surface area contributed by atoms with Crippen molar-refractivity contribution >= 4 is 36.8 Å². The van der Waals surface area contributed by atoms with Gasteiger partial charge in [-0.15, -0.1) is 0 Å². The standard InChI is InChI=1S/C18H14BrF3N6O2S/c1-3-31(29,30)14-4-11(28-9-10(19)6-25-28)7-24-16(14)17-26-12-5-15(18(20,21)22)23-8-13(12)27(17)2/h4-9H,3H2,1-2H3. The van der Waals surface area contributed by atoms with Gasteiger partial charge in [-0.1, -0.05) is 6.92 Å². The molecule has 4 aromatic rings. The van der Waals surface area contributed by atoms with E-state index >= 15 is 0 Å². The predicted molar refractivity (Wildman–Crippen MR) is 109 cm³/mol. The Morgan fingerprint density at radius 2 is 1.87 bits per heavy atom. The number of fused-ring (bicyclic) bond motifs is 1. The highest BCUT2D eigenvalue weighted by atomic mass is 79.9. The predicted octanol–water partition coefficient (Wildman–Crippen LogP) is 3.79. The highest BCUT2D eigenvalue weighted by Crippen LogP contribution is 2.33. The Balaban J connectivity index is 1.95. The second kappa shape index (κ2) is 7.41. The average molecular weight is 515 g/mol. The largest absolute Gasteiger partial charge is 0.433 e. The first-order valence-corrected chi connectivity index (χ1v) is 11.3. The van der Waals surface area contributed by atoms with E-state index < -0.39 is 21.7 Å². The van der Waals surface area contributed by atoms with Gasteiger partial charge in [0.2, 0.25) is 0 Å². The van der Waals surface area contributed by atoms with Crippen LogP contribution in [0.4, 0.5) is 13.2 Å². The fraction of sp³-hybridized carbons (Fsp3) is 0.222. The van der Waals surface area contributed by atoms with Crippen LogP contribution in [0.3, 0.4) is 0 Å². The molecule has 0 aliphatic rings. The minimum atomic E-state index is -4.62. The van der Waals surface area contributed by atoms with Gasteiger partial charge in [0.25, 0.3) is 0 Å². The molecule has 4 rings (SSSR count). The first-order chi connectivity index (χ1) is 14.5. The van der Waals surface area contributed by atoms with E-state index in [1.165, 1.54) is 28.4 Å². The van der Waals surface area contributed by atoms with Crippen LogP contribution in [-0.4, -0.2) is 43.5 Å². The number of aromatic nitrogens is 6. The van der Waals surface area contributed by atoms with Crippen molar-refractivity contribution in [2.45, 2.75) is 18.0 Å². The number of rotatable bonds is 4. The lowest BCUT2D eigenvalue weighted by Crippen LogP contribution is -2.10. The molecule has 0 saturated carbocycles. The zero-order valence-electron chi connectivity index (χ0n) is 16.1. The maximum Gasteiger partial charge on any atom is 0.433 e. The third-order valence-corrected chi connectivity index (χ3v) is 6.79. The first kappa shape index (κ1) is 21.4. The minimum absolute atomic E-state index is 0.0292. The highest BCUT2D eigenvalue weighted by molar-refractivity contribution is 9.10. The molecule has 0 saturated heterocycles. The molecule has 31 heavy (non-hydrogen) atoms. The molecule has 0 aromatic carbocycles. The number of aryl methyl sites for hydroxylation is 1. The van der Waals surface area contributed by atoms with Crippen molar-refractivity contribution in [1.82, 2.24) is 29.3 Å². The van der Waals surface area contributed by atoms with Gasteiger partial charge in [0.15, 0.2) is 15.7 Å². The van der Waals surface area contributed by atoms with Crippen LogP contribution < -0.4 is 0 Å². The zero-order chi connectivity index (χ0) is 22.6. The summed E-state index contributed by atoms with van der Waals surface area (Å²) in [5, 5.41) is 4.12. The number of imidazole rings is 1. The summed E-state index contributed by atoms with van der Waals surface area (Å²) in [4.78, 5) is 11.9. The van der Waals surface area contributed by atoms with Gasteiger partial charge >= 0.3 is 6.18 Å². The maximum atomic E-state index is 13.0. The van der Waals surface area contributed by atoms with Gasteiger partial charge in [-0.05, 0) is 28.1 Å². The first-order valence-electron chi connectivity index (χ1n) is 8.84. The van der Waals surface area contributed by atoms with E-state index in [0.717, 1.165) is 12.3 Å². The number of hydrogen-bond donors (Lipinski definition) is 0. The summed E-state index contributed by atoms with van der Waals surface area (Å²) in [6.45, 7) is 1.49. The molecule has 0 unspecified atom stereocenters. The molecule has 13 heteroatoms. The molecule has 162 valence electrons. The van der Waals surface area contributed by atoms with Crippen molar-refractivity contribution in [3.63, 3.8) is 0 Å². The summed E-state index contributed by atoms with van der Waals surface area (Å²) in [5.41, 5.74) is -0.310. The smallest absolute Gasteiger partial charge is 0.324 e. The van der Waals surface area contributed by atoms with Gasteiger partial charge in [0.05, 0.1) is 50.4 Å². The lowest BCUT2D eigenvalue weighted by molar-refractivity contribution is -0.141. The van der Waals surface area contributed by atoms with Gasteiger partial charge in [0, 0.05) is 13.2 Å². The lowest BCUT2D eigenvalue weighted by atomic mass is 10.3. The quantitative estimate of drug-likeness (QED) is 0.411. The molecular formula is C18H14BrF3N6O2S. The van der Waals surface area contributed by atoms with Gasteiger partial charge in [-0.3, -0.25) is 0 Å². The number of pyridine rings is 2. The topological polar surface area (TPSA) is 95.6 Å². The molecule has 0 fully saturated rings. The lowest BCUT2D eigenvalue weighted by Gasteiger charge is -2.11. The Morgan fingerprint density at radius 1 is 1.13 bits per heavy atom. The van der Waals surface area contributed by atoms with Crippen molar-refractivity contribution in [2.75, 3.05) is 5.75 Å². The minimum Gasteiger partial charge on any atom is -0.324 e. The summed E-state index contributed by atoms with van der Waals surface area (Å²) >= 11 is 3.28. The summed E-state index contributed by atoms with van der Waals surface area (Å²) < 4.78 is 68.3. The van der Waals surface area contributed by atoms with Crippen LogP contribution in [0.5, 0.6) is 0 Å². The van der Waals surface area contributed by atoms with Gasteiger partial charge < -0.3 is 4.57 Å². The molecule has 4 aromatic heterocycles. The zero-order valence-corrected chi connectivity index (χ0v) is 18.5. The molecule has 0 spiro atoms. The Kier molecular flexibility index (Phi) is 5.12. The SMILES string of the molecule is CCS(=O)(=O)c1cc(-n2cc(Br)cn2)cnc1-c1nc2cc(C(F)(F)F)ncc2n1C. The molecule has 0 aliphatic carbocycles.